The number of hydrogen-bond acceptors (Lipinski definition) is 4. The highest BCUT2D eigenvalue weighted by molar-refractivity contribution is 7.07. The topological polar surface area (TPSA) is 59.2 Å². The van der Waals surface area contributed by atoms with Crippen LogP contribution in [0.3, 0.4) is 0 Å². The minimum absolute atomic E-state index is 0.0191. The number of carbonyl (C=O) groups excluding carboxylic acids is 1. The lowest BCUT2D eigenvalue weighted by molar-refractivity contribution is -0.132. The normalized spacial score (nSPS) is 12.7. The van der Waals surface area contributed by atoms with Gasteiger partial charge in [-0.25, -0.2) is 4.98 Å². The van der Waals surface area contributed by atoms with Crippen molar-refractivity contribution in [2.75, 3.05) is 13.1 Å². The van der Waals surface area contributed by atoms with E-state index in [1.165, 1.54) is 11.3 Å². The van der Waals surface area contributed by atoms with E-state index in [0.717, 1.165) is 11.3 Å². The molecule has 1 aromatic carbocycles. The Hall–Kier alpha value is -1.98. The molecule has 0 unspecified atom stereocenters. The molecule has 0 radical (unpaired) electrons. The lowest BCUT2D eigenvalue weighted by atomic mass is 10.1. The van der Waals surface area contributed by atoms with Gasteiger partial charge < -0.3 is 10.6 Å². The molecule has 4 nitrogen and oxygen atoms in total. The zero-order valence-electron chi connectivity index (χ0n) is 14.3. The zero-order valence-corrected chi connectivity index (χ0v) is 15.1. The van der Waals surface area contributed by atoms with Gasteiger partial charge in [-0.15, -0.1) is 11.3 Å². The van der Waals surface area contributed by atoms with Crippen molar-refractivity contribution in [3.05, 3.63) is 58.6 Å². The van der Waals surface area contributed by atoms with Crippen LogP contribution in [0.25, 0.3) is 6.08 Å². The van der Waals surface area contributed by atoms with E-state index in [1.54, 1.807) is 5.51 Å². The summed E-state index contributed by atoms with van der Waals surface area (Å²) in [6, 6.07) is 9.53. The van der Waals surface area contributed by atoms with E-state index in [9.17, 15) is 4.79 Å². The van der Waals surface area contributed by atoms with E-state index in [1.807, 2.05) is 52.8 Å². The van der Waals surface area contributed by atoms with Crippen LogP contribution in [0.4, 0.5) is 0 Å². The third-order valence-electron chi connectivity index (χ3n) is 3.56. The van der Waals surface area contributed by atoms with Crippen LogP contribution < -0.4 is 5.73 Å². The molecule has 2 N–H and O–H groups in total. The highest BCUT2D eigenvalue weighted by Gasteiger charge is 2.21. The van der Waals surface area contributed by atoms with Crippen molar-refractivity contribution in [3.8, 4) is 0 Å². The molecule has 0 aliphatic carbocycles. The van der Waals surface area contributed by atoms with E-state index < -0.39 is 6.04 Å². The van der Waals surface area contributed by atoms with Gasteiger partial charge in [-0.2, -0.15) is 0 Å². The first kappa shape index (κ1) is 18.4. The first-order valence-corrected chi connectivity index (χ1v) is 9.13. The Balaban J connectivity index is 1.98. The Bertz CT molecular complexity index is 638. The van der Waals surface area contributed by atoms with Crippen LogP contribution in [-0.4, -0.2) is 34.9 Å². The molecule has 0 bridgehead atoms. The molecule has 0 fully saturated rings. The van der Waals surface area contributed by atoms with Crippen LogP contribution in [0.2, 0.25) is 0 Å². The van der Waals surface area contributed by atoms with Gasteiger partial charge in [0.05, 0.1) is 17.2 Å². The number of benzene rings is 1. The van der Waals surface area contributed by atoms with Gasteiger partial charge >= 0.3 is 0 Å². The van der Waals surface area contributed by atoms with Crippen LogP contribution in [0.1, 0.15) is 25.1 Å². The standard InChI is InChI=1S/C19H25N3OS/c1-15(2)12-22(10-6-9-16-7-4-3-5-8-16)19(23)18(20)11-17-13-24-14-21-17/h3-9,13-15,18H,10-12,20H2,1-2H3/b9-6+/t18-/m0/s1. The van der Waals surface area contributed by atoms with Crippen LogP contribution in [0.15, 0.2) is 47.3 Å². The Labute approximate surface area is 148 Å². The fourth-order valence-electron chi connectivity index (χ4n) is 2.46. The molecule has 24 heavy (non-hydrogen) atoms. The number of hydrogen-bond donors (Lipinski definition) is 1. The van der Waals surface area contributed by atoms with Crippen LogP contribution in [-0.2, 0) is 11.2 Å². The number of aromatic nitrogens is 1. The predicted molar refractivity (Wildman–Crippen MR) is 101 cm³/mol. The second-order valence-corrected chi connectivity index (χ2v) is 6.96. The second kappa shape index (κ2) is 9.35. The smallest absolute Gasteiger partial charge is 0.240 e. The number of carbonyl (C=O) groups is 1. The second-order valence-electron chi connectivity index (χ2n) is 6.24. The number of amides is 1. The fraction of sp³-hybridized carbons (Fsp3) is 0.368. The molecule has 1 amide bonds. The molecule has 2 aromatic rings. The average Bonchev–Trinajstić information content (AvgIpc) is 3.07. The van der Waals surface area contributed by atoms with Gasteiger partial charge in [0.15, 0.2) is 0 Å². The fourth-order valence-corrected chi connectivity index (χ4v) is 3.03. The molecule has 2 rings (SSSR count). The van der Waals surface area contributed by atoms with Crippen LogP contribution in [0, 0.1) is 5.92 Å². The van der Waals surface area contributed by atoms with Gasteiger partial charge in [-0.3, -0.25) is 4.79 Å². The Morgan fingerprint density at radius 3 is 2.71 bits per heavy atom. The molecule has 1 heterocycles. The van der Waals surface area contributed by atoms with Crippen LogP contribution in [0.5, 0.6) is 0 Å². The number of nitrogens with two attached hydrogens (primary N) is 1. The first-order valence-electron chi connectivity index (χ1n) is 8.19. The maximum Gasteiger partial charge on any atom is 0.240 e. The summed E-state index contributed by atoms with van der Waals surface area (Å²) in [6.07, 6.45) is 4.54. The van der Waals surface area contributed by atoms with Gasteiger partial charge in [-0.05, 0) is 11.5 Å². The van der Waals surface area contributed by atoms with E-state index in [2.05, 4.69) is 18.8 Å². The van der Waals surface area contributed by atoms with Gasteiger partial charge in [0.2, 0.25) is 5.91 Å². The van der Waals surface area contributed by atoms with Crippen LogP contribution >= 0.6 is 11.3 Å². The maximum atomic E-state index is 12.7. The van der Waals surface area contributed by atoms with E-state index in [0.29, 0.717) is 25.4 Å². The molecule has 0 aliphatic heterocycles. The molecular formula is C19H25N3OS. The molecule has 0 spiro atoms. The Morgan fingerprint density at radius 1 is 1.33 bits per heavy atom. The largest absolute Gasteiger partial charge is 0.337 e. The van der Waals surface area contributed by atoms with Crippen molar-refractivity contribution in [1.82, 2.24) is 9.88 Å². The number of nitrogens with zero attached hydrogens (tertiary/aromatic N) is 2. The lowest BCUT2D eigenvalue weighted by Gasteiger charge is -2.26. The van der Waals surface area contributed by atoms with Crippen molar-refractivity contribution in [2.24, 2.45) is 11.7 Å². The Morgan fingerprint density at radius 2 is 2.08 bits per heavy atom. The van der Waals surface area contributed by atoms with Gasteiger partial charge in [0, 0.05) is 24.9 Å². The van der Waals surface area contributed by atoms with E-state index >= 15 is 0 Å². The summed E-state index contributed by atoms with van der Waals surface area (Å²) in [7, 11) is 0. The minimum atomic E-state index is -0.545. The van der Waals surface area contributed by atoms with Crippen molar-refractivity contribution >= 4 is 23.3 Å². The molecule has 0 aliphatic rings. The van der Waals surface area contributed by atoms with Crippen molar-refractivity contribution in [1.29, 1.82) is 0 Å². The molecule has 1 aromatic heterocycles. The SMILES string of the molecule is CC(C)CN(C/C=C/c1ccccc1)C(=O)[C@@H](N)Cc1cscn1. The third-order valence-corrected chi connectivity index (χ3v) is 4.20. The van der Waals surface area contributed by atoms with Gasteiger partial charge in [0.25, 0.3) is 0 Å². The molecular weight excluding hydrogens is 318 g/mol. The highest BCUT2D eigenvalue weighted by Crippen LogP contribution is 2.08. The maximum absolute atomic E-state index is 12.7. The van der Waals surface area contributed by atoms with Crippen molar-refractivity contribution < 1.29 is 4.79 Å². The highest BCUT2D eigenvalue weighted by atomic mass is 32.1. The summed E-state index contributed by atoms with van der Waals surface area (Å²) >= 11 is 1.52. The molecule has 128 valence electrons. The summed E-state index contributed by atoms with van der Waals surface area (Å²) < 4.78 is 0. The predicted octanol–water partition coefficient (Wildman–Crippen LogP) is 3.21. The van der Waals surface area contributed by atoms with Crippen molar-refractivity contribution in [3.63, 3.8) is 0 Å². The quantitative estimate of drug-likeness (QED) is 0.801. The summed E-state index contributed by atoms with van der Waals surface area (Å²) in [6.45, 7) is 5.47. The molecule has 1 atom stereocenters. The summed E-state index contributed by atoms with van der Waals surface area (Å²) in [5, 5.41) is 1.94. The lowest BCUT2D eigenvalue weighted by Crippen LogP contribution is -2.46. The monoisotopic (exact) mass is 343 g/mol. The first-order chi connectivity index (χ1) is 11.6. The van der Waals surface area contributed by atoms with Gasteiger partial charge in [-0.1, -0.05) is 56.3 Å². The zero-order chi connectivity index (χ0) is 17.4. The third kappa shape index (κ3) is 5.91. The molecule has 5 heteroatoms. The summed E-state index contributed by atoms with van der Waals surface area (Å²) in [4.78, 5) is 18.7. The number of thiazole rings is 1. The Kier molecular flexibility index (Phi) is 7.15. The van der Waals surface area contributed by atoms with Gasteiger partial charge in [0.1, 0.15) is 0 Å². The molecule has 0 saturated carbocycles. The molecule has 0 saturated heterocycles. The van der Waals surface area contributed by atoms with E-state index in [4.69, 9.17) is 5.73 Å². The summed E-state index contributed by atoms with van der Waals surface area (Å²) in [5.41, 5.74) is 9.89. The minimum Gasteiger partial charge on any atom is -0.337 e. The van der Waals surface area contributed by atoms with Crippen molar-refractivity contribution in [2.45, 2.75) is 26.3 Å². The summed E-state index contributed by atoms with van der Waals surface area (Å²) in [5.74, 6) is 0.375. The average molecular weight is 343 g/mol. The van der Waals surface area contributed by atoms with E-state index in [-0.39, 0.29) is 5.91 Å². The number of rotatable bonds is 8.